The number of nitrogen functional groups attached to an aromatic ring is 1. The molecule has 0 bridgehead atoms. The lowest BCUT2D eigenvalue weighted by molar-refractivity contribution is 0.244. The van der Waals surface area contributed by atoms with Gasteiger partial charge in [-0.05, 0) is 25.0 Å². The number of nitrogens with one attached hydrogen (secondary N) is 2. The Labute approximate surface area is 116 Å². The third-order valence-corrected chi connectivity index (χ3v) is 3.60. The lowest BCUT2D eigenvalue weighted by Gasteiger charge is -2.23. The minimum atomic E-state index is -0.599. The summed E-state index contributed by atoms with van der Waals surface area (Å²) >= 11 is 5.68. The topological polar surface area (TPSA) is 67.1 Å². The number of carbonyl (C=O) groups excluding carboxylic acids is 1. The molecule has 1 aliphatic rings. The first-order valence-electron chi connectivity index (χ1n) is 6.38. The molecule has 1 fully saturated rings. The zero-order valence-corrected chi connectivity index (χ0v) is 11.3. The number of urea groups is 1. The molecule has 2 rings (SSSR count). The van der Waals surface area contributed by atoms with E-state index >= 15 is 0 Å². The summed E-state index contributed by atoms with van der Waals surface area (Å²) in [5.74, 6) is -0.599. The normalized spacial score (nSPS) is 16.1. The molecule has 0 radical (unpaired) electrons. The number of halogens is 2. The molecule has 4 nitrogen and oxygen atoms in total. The zero-order chi connectivity index (χ0) is 13.8. The summed E-state index contributed by atoms with van der Waals surface area (Å²) in [6, 6.07) is 2.17. The summed E-state index contributed by atoms with van der Waals surface area (Å²) in [7, 11) is 0. The third kappa shape index (κ3) is 3.73. The van der Waals surface area contributed by atoms with Crippen LogP contribution in [0.4, 0.5) is 20.6 Å². The predicted molar refractivity (Wildman–Crippen MR) is 74.8 cm³/mol. The van der Waals surface area contributed by atoms with E-state index in [1.165, 1.54) is 12.5 Å². The van der Waals surface area contributed by atoms with Crippen LogP contribution in [0.5, 0.6) is 0 Å². The summed E-state index contributed by atoms with van der Waals surface area (Å²) in [4.78, 5) is 11.8. The van der Waals surface area contributed by atoms with Gasteiger partial charge in [0.05, 0.1) is 16.4 Å². The summed E-state index contributed by atoms with van der Waals surface area (Å²) in [5.41, 5.74) is 5.85. The van der Waals surface area contributed by atoms with E-state index in [0.29, 0.717) is 0 Å². The highest BCUT2D eigenvalue weighted by Crippen LogP contribution is 2.26. The molecule has 0 heterocycles. The Morgan fingerprint density at radius 2 is 2.00 bits per heavy atom. The summed E-state index contributed by atoms with van der Waals surface area (Å²) in [6.07, 6.45) is 5.39. The van der Waals surface area contributed by atoms with E-state index in [-0.39, 0.29) is 22.4 Å². The standard InChI is InChI=1S/C13H17ClFN3O/c14-9-6-10(15)12(7-11(9)16)18-13(19)17-8-4-2-1-3-5-8/h6-8H,1-5,16H2,(H2,17,18,19). The second-order valence-electron chi connectivity index (χ2n) is 4.79. The van der Waals surface area contributed by atoms with Gasteiger partial charge in [-0.2, -0.15) is 0 Å². The maximum atomic E-state index is 13.6. The van der Waals surface area contributed by atoms with Gasteiger partial charge in [-0.25, -0.2) is 9.18 Å². The van der Waals surface area contributed by atoms with Crippen LogP contribution in [0.1, 0.15) is 32.1 Å². The second kappa shape index (κ2) is 6.10. The average Bonchev–Trinajstić information content (AvgIpc) is 2.37. The smallest absolute Gasteiger partial charge is 0.319 e. The number of nitrogens with two attached hydrogens (primary N) is 1. The molecule has 104 valence electrons. The Balaban J connectivity index is 1.96. The van der Waals surface area contributed by atoms with Crippen LogP contribution in [0.3, 0.4) is 0 Å². The first-order chi connectivity index (χ1) is 9.06. The fourth-order valence-electron chi connectivity index (χ4n) is 2.25. The van der Waals surface area contributed by atoms with Crippen molar-refractivity contribution < 1.29 is 9.18 Å². The quantitative estimate of drug-likeness (QED) is 0.728. The van der Waals surface area contributed by atoms with Gasteiger partial charge in [0, 0.05) is 6.04 Å². The Morgan fingerprint density at radius 3 is 2.68 bits per heavy atom. The maximum Gasteiger partial charge on any atom is 0.319 e. The van der Waals surface area contributed by atoms with Gasteiger partial charge in [0.25, 0.3) is 0 Å². The van der Waals surface area contributed by atoms with Gasteiger partial charge in [-0.3, -0.25) is 0 Å². The summed E-state index contributed by atoms with van der Waals surface area (Å²) in [6.45, 7) is 0. The van der Waals surface area contributed by atoms with Crippen molar-refractivity contribution in [1.29, 1.82) is 0 Å². The molecular weight excluding hydrogens is 269 g/mol. The lowest BCUT2D eigenvalue weighted by atomic mass is 9.96. The maximum absolute atomic E-state index is 13.6. The molecular formula is C13H17ClFN3O. The van der Waals surface area contributed by atoms with Gasteiger partial charge < -0.3 is 16.4 Å². The lowest BCUT2D eigenvalue weighted by Crippen LogP contribution is -2.39. The number of benzene rings is 1. The monoisotopic (exact) mass is 285 g/mol. The van der Waals surface area contributed by atoms with Crippen molar-refractivity contribution in [3.05, 3.63) is 23.0 Å². The van der Waals surface area contributed by atoms with Crippen LogP contribution in [-0.4, -0.2) is 12.1 Å². The van der Waals surface area contributed by atoms with Gasteiger partial charge >= 0.3 is 6.03 Å². The van der Waals surface area contributed by atoms with Gasteiger partial charge in [0.1, 0.15) is 5.82 Å². The van der Waals surface area contributed by atoms with Crippen molar-refractivity contribution in [3.8, 4) is 0 Å². The average molecular weight is 286 g/mol. The molecule has 2 amide bonds. The molecule has 0 spiro atoms. The van der Waals surface area contributed by atoms with Gasteiger partial charge in [0.2, 0.25) is 0 Å². The van der Waals surface area contributed by atoms with Crippen molar-refractivity contribution >= 4 is 29.0 Å². The number of anilines is 2. The Kier molecular flexibility index (Phi) is 4.47. The third-order valence-electron chi connectivity index (χ3n) is 3.27. The largest absolute Gasteiger partial charge is 0.397 e. The number of rotatable bonds is 2. The van der Waals surface area contributed by atoms with Crippen molar-refractivity contribution in [3.63, 3.8) is 0 Å². The van der Waals surface area contributed by atoms with E-state index in [1.54, 1.807) is 0 Å². The Bertz CT molecular complexity index is 475. The first kappa shape index (κ1) is 13.9. The van der Waals surface area contributed by atoms with Crippen LogP contribution in [0.25, 0.3) is 0 Å². The Hall–Kier alpha value is -1.49. The van der Waals surface area contributed by atoms with Crippen molar-refractivity contribution in [1.82, 2.24) is 5.32 Å². The second-order valence-corrected chi connectivity index (χ2v) is 5.19. The fraction of sp³-hybridized carbons (Fsp3) is 0.462. The molecule has 6 heteroatoms. The fourth-order valence-corrected chi connectivity index (χ4v) is 2.40. The zero-order valence-electron chi connectivity index (χ0n) is 10.5. The molecule has 0 aliphatic heterocycles. The molecule has 1 aromatic rings. The van der Waals surface area contributed by atoms with Crippen LogP contribution < -0.4 is 16.4 Å². The minimum Gasteiger partial charge on any atom is -0.397 e. The van der Waals surface area contributed by atoms with E-state index in [9.17, 15) is 9.18 Å². The van der Waals surface area contributed by atoms with Crippen LogP contribution in [0.2, 0.25) is 5.02 Å². The number of amides is 2. The molecule has 1 saturated carbocycles. The Morgan fingerprint density at radius 1 is 1.32 bits per heavy atom. The van der Waals surface area contributed by atoms with Gasteiger partial charge in [-0.15, -0.1) is 0 Å². The van der Waals surface area contributed by atoms with Crippen LogP contribution in [-0.2, 0) is 0 Å². The molecule has 4 N–H and O–H groups in total. The van der Waals surface area contributed by atoms with E-state index in [0.717, 1.165) is 31.7 Å². The van der Waals surface area contributed by atoms with E-state index in [4.69, 9.17) is 17.3 Å². The number of carbonyl (C=O) groups is 1. The molecule has 19 heavy (non-hydrogen) atoms. The van der Waals surface area contributed by atoms with Gasteiger partial charge in [-0.1, -0.05) is 30.9 Å². The number of hydrogen-bond acceptors (Lipinski definition) is 2. The first-order valence-corrected chi connectivity index (χ1v) is 6.76. The van der Waals surface area contributed by atoms with Crippen molar-refractivity contribution in [2.45, 2.75) is 38.1 Å². The highest BCUT2D eigenvalue weighted by atomic mass is 35.5. The van der Waals surface area contributed by atoms with E-state index in [1.807, 2.05) is 0 Å². The molecule has 1 aromatic carbocycles. The van der Waals surface area contributed by atoms with E-state index in [2.05, 4.69) is 10.6 Å². The molecule has 0 saturated heterocycles. The minimum absolute atomic E-state index is 0.0372. The molecule has 1 aliphatic carbocycles. The highest BCUT2D eigenvalue weighted by molar-refractivity contribution is 6.33. The molecule has 0 unspecified atom stereocenters. The predicted octanol–water partition coefficient (Wildman–Crippen LogP) is 3.52. The van der Waals surface area contributed by atoms with Crippen LogP contribution in [0.15, 0.2) is 12.1 Å². The van der Waals surface area contributed by atoms with Crippen LogP contribution >= 0.6 is 11.6 Å². The molecule has 0 aromatic heterocycles. The number of hydrogen-bond donors (Lipinski definition) is 3. The van der Waals surface area contributed by atoms with Gasteiger partial charge in [0.15, 0.2) is 0 Å². The summed E-state index contributed by atoms with van der Waals surface area (Å²) in [5, 5.41) is 5.43. The molecule has 0 atom stereocenters. The van der Waals surface area contributed by atoms with Crippen molar-refractivity contribution in [2.24, 2.45) is 0 Å². The highest BCUT2D eigenvalue weighted by Gasteiger charge is 2.16. The van der Waals surface area contributed by atoms with Crippen LogP contribution in [0, 0.1) is 5.82 Å². The summed E-state index contributed by atoms with van der Waals surface area (Å²) < 4.78 is 13.6. The van der Waals surface area contributed by atoms with E-state index < -0.39 is 11.8 Å². The SMILES string of the molecule is Nc1cc(NC(=O)NC2CCCCC2)c(F)cc1Cl. The van der Waals surface area contributed by atoms with Crippen molar-refractivity contribution in [2.75, 3.05) is 11.1 Å².